The summed E-state index contributed by atoms with van der Waals surface area (Å²) in [7, 11) is 0. The van der Waals surface area contributed by atoms with Crippen LogP contribution in [0, 0.1) is 0 Å². The predicted octanol–water partition coefficient (Wildman–Crippen LogP) is 4.98. The maximum atomic E-state index is 12.3. The van der Waals surface area contributed by atoms with Gasteiger partial charge in [0.2, 0.25) is 0 Å². The molecule has 0 atom stereocenters. The summed E-state index contributed by atoms with van der Waals surface area (Å²) < 4.78 is 5.61. The number of phenolic OH excluding ortho intramolecular Hbond substituents is 1. The average molecular weight is 377 g/mol. The quantitative estimate of drug-likeness (QED) is 0.470. The lowest BCUT2D eigenvalue weighted by atomic mass is 10.1. The van der Waals surface area contributed by atoms with Crippen LogP contribution in [0.25, 0.3) is 0 Å². The van der Waals surface area contributed by atoms with Crippen molar-refractivity contribution in [3.05, 3.63) is 90.0 Å². The van der Waals surface area contributed by atoms with Gasteiger partial charge < -0.3 is 15.2 Å². The monoisotopic (exact) mass is 377 g/mol. The van der Waals surface area contributed by atoms with Crippen molar-refractivity contribution in [2.75, 3.05) is 5.32 Å². The molecule has 3 rings (SSSR count). The van der Waals surface area contributed by atoms with Gasteiger partial charge in [-0.1, -0.05) is 48.5 Å². The van der Waals surface area contributed by atoms with Crippen LogP contribution in [0.3, 0.4) is 0 Å². The molecule has 0 spiro atoms. The van der Waals surface area contributed by atoms with Gasteiger partial charge in [0.1, 0.15) is 11.5 Å². The van der Waals surface area contributed by atoms with Crippen LogP contribution >= 0.6 is 12.2 Å². The van der Waals surface area contributed by atoms with Crippen molar-refractivity contribution in [2.45, 2.75) is 12.8 Å². The van der Waals surface area contributed by atoms with Crippen molar-refractivity contribution in [3.63, 3.8) is 0 Å². The maximum absolute atomic E-state index is 12.3. The van der Waals surface area contributed by atoms with Crippen molar-refractivity contribution in [2.24, 2.45) is 0 Å². The van der Waals surface area contributed by atoms with Gasteiger partial charge in [-0.15, -0.1) is 0 Å². The summed E-state index contributed by atoms with van der Waals surface area (Å²) in [5.41, 5.74) is 1.59. The second-order valence-electron chi connectivity index (χ2n) is 5.92. The largest absolute Gasteiger partial charge is 0.505 e. The molecule has 0 aliphatic carbocycles. The number of phenols is 1. The van der Waals surface area contributed by atoms with Crippen LogP contribution < -0.4 is 10.1 Å². The third kappa shape index (κ3) is 5.15. The van der Waals surface area contributed by atoms with Crippen molar-refractivity contribution >= 4 is 28.9 Å². The summed E-state index contributed by atoms with van der Waals surface area (Å²) in [6.45, 7) is 0. The van der Waals surface area contributed by atoms with Gasteiger partial charge >= 0.3 is 0 Å². The first-order valence-electron chi connectivity index (χ1n) is 8.56. The second kappa shape index (κ2) is 8.96. The highest BCUT2D eigenvalue weighted by atomic mass is 32.1. The van der Waals surface area contributed by atoms with Crippen molar-refractivity contribution < 1.29 is 14.6 Å². The molecule has 0 saturated heterocycles. The molecule has 0 aliphatic rings. The summed E-state index contributed by atoms with van der Waals surface area (Å²) in [6, 6.07) is 23.5. The number of rotatable bonds is 6. The van der Waals surface area contributed by atoms with Gasteiger partial charge in [-0.3, -0.25) is 4.79 Å². The Hall–Kier alpha value is -3.18. The SMILES string of the molecule is O=C(Nc1cccc(CCC(=S)Oc2ccccc2)c1O)c1ccccc1. The van der Waals surface area contributed by atoms with Crippen molar-refractivity contribution in [3.8, 4) is 11.5 Å². The number of amides is 1. The highest BCUT2D eigenvalue weighted by Gasteiger charge is 2.12. The smallest absolute Gasteiger partial charge is 0.255 e. The summed E-state index contributed by atoms with van der Waals surface area (Å²) in [5.74, 6) is 0.464. The Morgan fingerprint density at radius 1 is 0.926 bits per heavy atom. The minimum Gasteiger partial charge on any atom is -0.505 e. The molecule has 0 aromatic heterocycles. The molecule has 4 nitrogen and oxygen atoms in total. The molecule has 0 radical (unpaired) electrons. The molecule has 0 fully saturated rings. The predicted molar refractivity (Wildman–Crippen MR) is 110 cm³/mol. The van der Waals surface area contributed by atoms with Gasteiger partial charge in [-0.05, 0) is 54.5 Å². The number of carbonyl (C=O) groups is 1. The van der Waals surface area contributed by atoms with Crippen LogP contribution in [-0.4, -0.2) is 16.1 Å². The molecule has 0 heterocycles. The molecule has 3 aromatic carbocycles. The molecule has 0 aliphatic heterocycles. The molecule has 0 bridgehead atoms. The zero-order valence-electron chi connectivity index (χ0n) is 14.6. The lowest BCUT2D eigenvalue weighted by molar-refractivity contribution is 0.102. The molecular formula is C22H19NO3S. The molecule has 1 amide bonds. The van der Waals surface area contributed by atoms with Crippen LogP contribution in [0.15, 0.2) is 78.9 Å². The Kier molecular flexibility index (Phi) is 6.18. The summed E-state index contributed by atoms with van der Waals surface area (Å²) in [4.78, 5) is 12.3. The normalized spacial score (nSPS) is 10.2. The zero-order chi connectivity index (χ0) is 19.1. The van der Waals surface area contributed by atoms with E-state index in [1.165, 1.54) is 0 Å². The van der Waals surface area contributed by atoms with E-state index in [4.69, 9.17) is 17.0 Å². The number of hydrogen-bond donors (Lipinski definition) is 2. The first-order valence-corrected chi connectivity index (χ1v) is 8.97. The fourth-order valence-corrected chi connectivity index (χ4v) is 2.78. The topological polar surface area (TPSA) is 58.6 Å². The Morgan fingerprint density at radius 3 is 2.30 bits per heavy atom. The molecule has 2 N–H and O–H groups in total. The Bertz CT molecular complexity index is 927. The van der Waals surface area contributed by atoms with Crippen LogP contribution in [0.2, 0.25) is 0 Å². The number of thiocarbonyl (C=S) groups is 1. The number of aryl methyl sites for hydroxylation is 1. The fraction of sp³-hybridized carbons (Fsp3) is 0.0909. The van der Waals surface area contributed by atoms with Gasteiger partial charge in [0, 0.05) is 12.0 Å². The molecule has 0 unspecified atom stereocenters. The number of para-hydroxylation sites is 2. The third-order valence-electron chi connectivity index (χ3n) is 3.98. The van der Waals surface area contributed by atoms with Gasteiger partial charge in [-0.2, -0.15) is 0 Å². The first kappa shape index (κ1) is 18.6. The van der Waals surface area contributed by atoms with Gasteiger partial charge in [-0.25, -0.2) is 0 Å². The minimum atomic E-state index is -0.272. The number of carbonyl (C=O) groups excluding carboxylic acids is 1. The van der Waals surface area contributed by atoms with Gasteiger partial charge in [0.15, 0.2) is 5.05 Å². The molecule has 3 aromatic rings. The zero-order valence-corrected chi connectivity index (χ0v) is 15.4. The van der Waals surface area contributed by atoms with E-state index < -0.39 is 0 Å². The van der Waals surface area contributed by atoms with Crippen LogP contribution in [-0.2, 0) is 6.42 Å². The Balaban J connectivity index is 1.62. The lowest BCUT2D eigenvalue weighted by Gasteiger charge is -2.12. The standard InChI is InChI=1S/C22H19NO3S/c24-21-16(14-15-20(27)26-18-11-5-2-6-12-18)10-7-13-19(21)23-22(25)17-8-3-1-4-9-17/h1-13,24H,14-15H2,(H,23,25). The van der Waals surface area contributed by atoms with Crippen molar-refractivity contribution in [1.82, 2.24) is 0 Å². The van der Waals surface area contributed by atoms with E-state index in [1.807, 2.05) is 36.4 Å². The molecule has 27 heavy (non-hydrogen) atoms. The van der Waals surface area contributed by atoms with E-state index in [9.17, 15) is 9.90 Å². The Labute approximate surface area is 163 Å². The third-order valence-corrected chi connectivity index (χ3v) is 4.26. The number of hydrogen-bond acceptors (Lipinski definition) is 4. The van der Waals surface area contributed by atoms with Crippen LogP contribution in [0.1, 0.15) is 22.3 Å². The van der Waals surface area contributed by atoms with E-state index >= 15 is 0 Å². The molecule has 136 valence electrons. The number of nitrogens with one attached hydrogen (secondary N) is 1. The van der Waals surface area contributed by atoms with Crippen LogP contribution in [0.4, 0.5) is 5.69 Å². The summed E-state index contributed by atoms with van der Waals surface area (Å²) in [6.07, 6.45) is 0.987. The minimum absolute atomic E-state index is 0.0456. The number of ether oxygens (including phenoxy) is 1. The van der Waals surface area contributed by atoms with E-state index in [1.54, 1.807) is 42.5 Å². The van der Waals surface area contributed by atoms with Crippen LogP contribution in [0.5, 0.6) is 11.5 Å². The van der Waals surface area contributed by atoms with E-state index in [0.29, 0.717) is 40.5 Å². The fourth-order valence-electron chi connectivity index (χ4n) is 2.59. The summed E-state index contributed by atoms with van der Waals surface area (Å²) in [5, 5.41) is 13.7. The van der Waals surface area contributed by atoms with Gasteiger partial charge in [0.05, 0.1) is 5.69 Å². The van der Waals surface area contributed by atoms with Crippen molar-refractivity contribution in [1.29, 1.82) is 0 Å². The van der Waals surface area contributed by atoms with E-state index in [-0.39, 0.29) is 11.7 Å². The Morgan fingerprint density at radius 2 is 1.59 bits per heavy atom. The number of anilines is 1. The highest BCUT2D eigenvalue weighted by molar-refractivity contribution is 7.80. The average Bonchev–Trinajstić information content (AvgIpc) is 2.70. The lowest BCUT2D eigenvalue weighted by Crippen LogP contribution is -2.12. The number of aromatic hydroxyl groups is 1. The second-order valence-corrected chi connectivity index (χ2v) is 6.38. The molecule has 0 saturated carbocycles. The van der Waals surface area contributed by atoms with E-state index in [2.05, 4.69) is 5.32 Å². The molecule has 5 heteroatoms. The highest BCUT2D eigenvalue weighted by Crippen LogP contribution is 2.29. The summed E-state index contributed by atoms with van der Waals surface area (Å²) >= 11 is 5.27. The number of benzene rings is 3. The first-order chi connectivity index (χ1) is 13.1. The van der Waals surface area contributed by atoms with Gasteiger partial charge in [0.25, 0.3) is 5.91 Å². The maximum Gasteiger partial charge on any atom is 0.255 e. The van der Waals surface area contributed by atoms with E-state index in [0.717, 1.165) is 0 Å². The molecular weight excluding hydrogens is 358 g/mol.